The lowest BCUT2D eigenvalue weighted by Gasteiger charge is -2.39. The highest BCUT2D eigenvalue weighted by molar-refractivity contribution is 5.80. The van der Waals surface area contributed by atoms with Crippen LogP contribution in [0.3, 0.4) is 0 Å². The highest BCUT2D eigenvalue weighted by Gasteiger charge is 2.28. The van der Waals surface area contributed by atoms with Gasteiger partial charge in [0, 0.05) is 12.1 Å². The molecule has 5 nitrogen and oxygen atoms in total. The number of amides is 1. The van der Waals surface area contributed by atoms with Crippen molar-refractivity contribution in [2.45, 2.75) is 58.2 Å². The molecular formula is C12H22N2O3. The molecule has 3 atom stereocenters. The number of carbonyl (C=O) groups is 2. The van der Waals surface area contributed by atoms with Crippen molar-refractivity contribution in [3.8, 4) is 0 Å². The third kappa shape index (κ3) is 3.70. The van der Waals surface area contributed by atoms with Crippen LogP contribution in [0.5, 0.6) is 0 Å². The van der Waals surface area contributed by atoms with Crippen LogP contribution in [-0.2, 0) is 9.59 Å². The number of nitrogens with one attached hydrogen (secondary N) is 1. The summed E-state index contributed by atoms with van der Waals surface area (Å²) in [5.74, 6) is -0.935. The molecule has 98 valence electrons. The highest BCUT2D eigenvalue weighted by atomic mass is 16.4. The quantitative estimate of drug-likeness (QED) is 0.766. The highest BCUT2D eigenvalue weighted by Crippen LogP contribution is 2.22. The Labute approximate surface area is 102 Å². The molecule has 0 aromatic rings. The molecule has 0 saturated carbocycles. The van der Waals surface area contributed by atoms with Gasteiger partial charge in [-0.15, -0.1) is 0 Å². The first-order chi connectivity index (χ1) is 7.93. The molecule has 0 bridgehead atoms. The van der Waals surface area contributed by atoms with Crippen LogP contribution in [0, 0.1) is 0 Å². The third-order valence-electron chi connectivity index (χ3n) is 3.41. The van der Waals surface area contributed by atoms with Gasteiger partial charge in [0.15, 0.2) is 0 Å². The number of aliphatic carboxylic acids is 1. The summed E-state index contributed by atoms with van der Waals surface area (Å²) in [5, 5.41) is 11.5. The Morgan fingerprint density at radius 1 is 1.35 bits per heavy atom. The Morgan fingerprint density at radius 3 is 2.35 bits per heavy atom. The van der Waals surface area contributed by atoms with Gasteiger partial charge in [0.05, 0.1) is 6.54 Å². The average Bonchev–Trinajstić information content (AvgIpc) is 2.25. The van der Waals surface area contributed by atoms with Crippen molar-refractivity contribution in [2.24, 2.45) is 0 Å². The van der Waals surface area contributed by atoms with E-state index in [9.17, 15) is 9.59 Å². The summed E-state index contributed by atoms with van der Waals surface area (Å²) in [7, 11) is 0. The van der Waals surface area contributed by atoms with Gasteiger partial charge in [0.25, 0.3) is 0 Å². The number of carboxylic acid groups (broad SMARTS) is 1. The third-order valence-corrected chi connectivity index (χ3v) is 3.41. The standard InChI is InChI=1S/C12H22N2O3/c1-8-5-4-6-9(2)14(8)11(15)7-13-10(3)12(16)17/h8-10,13H,4-7H2,1-3H3,(H,16,17)/t8?,9?,10-/m0/s1. The molecule has 1 fully saturated rings. The molecule has 1 saturated heterocycles. The van der Waals surface area contributed by atoms with Crippen LogP contribution in [-0.4, -0.2) is 46.6 Å². The molecule has 1 aliphatic rings. The summed E-state index contributed by atoms with van der Waals surface area (Å²) < 4.78 is 0. The number of hydrogen-bond donors (Lipinski definition) is 2. The predicted octanol–water partition coefficient (Wildman–Crippen LogP) is 0.839. The van der Waals surface area contributed by atoms with Gasteiger partial charge in [0.1, 0.15) is 6.04 Å². The zero-order valence-corrected chi connectivity index (χ0v) is 10.8. The van der Waals surface area contributed by atoms with Gasteiger partial charge in [-0.25, -0.2) is 0 Å². The van der Waals surface area contributed by atoms with E-state index in [-0.39, 0.29) is 24.5 Å². The maximum Gasteiger partial charge on any atom is 0.320 e. The van der Waals surface area contributed by atoms with E-state index in [1.165, 1.54) is 0 Å². The Balaban J connectivity index is 2.48. The second-order valence-corrected chi connectivity index (χ2v) is 4.87. The van der Waals surface area contributed by atoms with Crippen molar-refractivity contribution in [2.75, 3.05) is 6.54 Å². The number of rotatable bonds is 4. The molecule has 5 heteroatoms. The fourth-order valence-corrected chi connectivity index (χ4v) is 2.33. The van der Waals surface area contributed by atoms with E-state index in [0.29, 0.717) is 0 Å². The minimum absolute atomic E-state index is 0.00204. The molecule has 0 spiro atoms. The maximum absolute atomic E-state index is 12.0. The van der Waals surface area contributed by atoms with Crippen LogP contribution in [0.4, 0.5) is 0 Å². The fourth-order valence-electron chi connectivity index (χ4n) is 2.33. The second-order valence-electron chi connectivity index (χ2n) is 4.87. The van der Waals surface area contributed by atoms with E-state index in [0.717, 1.165) is 19.3 Å². The first-order valence-corrected chi connectivity index (χ1v) is 6.20. The number of likely N-dealkylation sites (tertiary alicyclic amines) is 1. The van der Waals surface area contributed by atoms with Crippen LogP contribution in [0.25, 0.3) is 0 Å². The van der Waals surface area contributed by atoms with Gasteiger partial charge in [-0.3, -0.25) is 14.9 Å². The molecule has 0 aliphatic carbocycles. The summed E-state index contributed by atoms with van der Waals surface area (Å²) in [6.07, 6.45) is 3.22. The normalized spacial score (nSPS) is 26.6. The second kappa shape index (κ2) is 6.00. The summed E-state index contributed by atoms with van der Waals surface area (Å²) in [5.41, 5.74) is 0. The minimum atomic E-state index is -0.933. The Morgan fingerprint density at radius 2 is 1.88 bits per heavy atom. The van der Waals surface area contributed by atoms with Gasteiger partial charge in [-0.05, 0) is 40.0 Å². The van der Waals surface area contributed by atoms with Crippen LogP contribution >= 0.6 is 0 Å². The topological polar surface area (TPSA) is 69.6 Å². The van der Waals surface area contributed by atoms with E-state index in [4.69, 9.17) is 5.11 Å². The van der Waals surface area contributed by atoms with E-state index in [1.54, 1.807) is 6.92 Å². The lowest BCUT2D eigenvalue weighted by Crippen LogP contribution is -2.51. The van der Waals surface area contributed by atoms with Crippen LogP contribution in [0.2, 0.25) is 0 Å². The van der Waals surface area contributed by atoms with E-state index in [1.807, 2.05) is 18.7 Å². The van der Waals surface area contributed by atoms with Crippen LogP contribution in [0.15, 0.2) is 0 Å². The van der Waals surface area contributed by atoms with Gasteiger partial charge >= 0.3 is 5.97 Å². The molecule has 1 amide bonds. The van der Waals surface area contributed by atoms with Crippen molar-refractivity contribution in [3.63, 3.8) is 0 Å². The van der Waals surface area contributed by atoms with Crippen molar-refractivity contribution < 1.29 is 14.7 Å². The number of hydrogen-bond acceptors (Lipinski definition) is 3. The summed E-state index contributed by atoms with van der Waals surface area (Å²) >= 11 is 0. The summed E-state index contributed by atoms with van der Waals surface area (Å²) in [4.78, 5) is 24.5. The smallest absolute Gasteiger partial charge is 0.320 e. The first-order valence-electron chi connectivity index (χ1n) is 6.20. The SMILES string of the molecule is CC1CCCC(C)N1C(=O)CN[C@@H](C)C(=O)O. The fraction of sp³-hybridized carbons (Fsp3) is 0.833. The zero-order chi connectivity index (χ0) is 13.0. The molecule has 0 aromatic carbocycles. The number of piperidine rings is 1. The molecule has 1 heterocycles. The summed E-state index contributed by atoms with van der Waals surface area (Å²) in [6, 6.07) is -0.171. The van der Waals surface area contributed by atoms with Crippen molar-refractivity contribution in [3.05, 3.63) is 0 Å². The molecule has 1 rings (SSSR count). The molecular weight excluding hydrogens is 220 g/mol. The number of carbonyl (C=O) groups excluding carboxylic acids is 1. The first kappa shape index (κ1) is 14.0. The van der Waals surface area contributed by atoms with Gasteiger partial charge in [-0.1, -0.05) is 0 Å². The molecule has 0 radical (unpaired) electrons. The van der Waals surface area contributed by atoms with E-state index in [2.05, 4.69) is 5.32 Å². The molecule has 2 N–H and O–H groups in total. The van der Waals surface area contributed by atoms with Crippen molar-refractivity contribution in [1.29, 1.82) is 0 Å². The van der Waals surface area contributed by atoms with Gasteiger partial charge in [-0.2, -0.15) is 0 Å². The summed E-state index contributed by atoms with van der Waals surface area (Å²) in [6.45, 7) is 5.74. The predicted molar refractivity (Wildman–Crippen MR) is 64.7 cm³/mol. The molecule has 1 aliphatic heterocycles. The minimum Gasteiger partial charge on any atom is -0.480 e. The van der Waals surface area contributed by atoms with Crippen LogP contribution < -0.4 is 5.32 Å². The number of nitrogens with zero attached hydrogens (tertiary/aromatic N) is 1. The molecule has 0 aromatic heterocycles. The lowest BCUT2D eigenvalue weighted by atomic mass is 9.97. The molecule has 17 heavy (non-hydrogen) atoms. The Bertz CT molecular complexity index is 283. The van der Waals surface area contributed by atoms with Gasteiger partial charge in [0.2, 0.25) is 5.91 Å². The Hall–Kier alpha value is -1.10. The van der Waals surface area contributed by atoms with Crippen molar-refractivity contribution >= 4 is 11.9 Å². The zero-order valence-electron chi connectivity index (χ0n) is 10.8. The Kier molecular flexibility index (Phi) is 4.93. The lowest BCUT2D eigenvalue weighted by molar-refractivity contribution is -0.140. The van der Waals surface area contributed by atoms with E-state index >= 15 is 0 Å². The number of carboxylic acids is 1. The maximum atomic E-state index is 12.0. The van der Waals surface area contributed by atoms with E-state index < -0.39 is 12.0 Å². The molecule has 2 unspecified atom stereocenters. The van der Waals surface area contributed by atoms with Crippen molar-refractivity contribution in [1.82, 2.24) is 10.2 Å². The van der Waals surface area contributed by atoms with Crippen LogP contribution in [0.1, 0.15) is 40.0 Å². The monoisotopic (exact) mass is 242 g/mol. The average molecular weight is 242 g/mol. The largest absolute Gasteiger partial charge is 0.480 e. The van der Waals surface area contributed by atoms with Gasteiger partial charge < -0.3 is 10.0 Å².